The minimum absolute atomic E-state index is 0.0533. The number of ether oxygens (including phenoxy) is 1. The van der Waals surface area contributed by atoms with Crippen molar-refractivity contribution in [3.05, 3.63) is 89.5 Å². The molecule has 0 saturated heterocycles. The maximum absolute atomic E-state index is 13.7. The highest BCUT2D eigenvalue weighted by atomic mass is 32.2. The Balaban J connectivity index is 1.31. The quantitative estimate of drug-likeness (QED) is 0.0336. The number of hydrogen-bond donors (Lipinski definition) is 6. The molecule has 0 heterocycles. The summed E-state index contributed by atoms with van der Waals surface area (Å²) in [4.78, 5) is 57.8. The molecule has 302 valence electrons. The number of sulfonamides is 1. The maximum Gasteiger partial charge on any atom is 0.308 e. The summed E-state index contributed by atoms with van der Waals surface area (Å²) in [5, 5.41) is 11.0. The first-order valence-electron chi connectivity index (χ1n) is 18.7. The number of nitrogens with two attached hydrogens (primary N) is 1. The summed E-state index contributed by atoms with van der Waals surface area (Å²) in [7, 11) is -2.30. The lowest BCUT2D eigenvalue weighted by Gasteiger charge is -2.24. The molecule has 56 heavy (non-hydrogen) atoms. The predicted molar refractivity (Wildman–Crippen MR) is 218 cm³/mol. The van der Waals surface area contributed by atoms with Crippen LogP contribution < -0.4 is 31.7 Å². The number of anilines is 1. The Morgan fingerprint density at radius 1 is 0.893 bits per heavy atom. The van der Waals surface area contributed by atoms with Crippen molar-refractivity contribution in [1.82, 2.24) is 20.7 Å². The summed E-state index contributed by atoms with van der Waals surface area (Å²) in [6.07, 6.45) is 4.57. The van der Waals surface area contributed by atoms with Crippen molar-refractivity contribution in [3.8, 4) is 0 Å². The van der Waals surface area contributed by atoms with Gasteiger partial charge in [-0.25, -0.2) is 13.1 Å². The van der Waals surface area contributed by atoms with Crippen LogP contribution in [0.4, 0.5) is 5.69 Å². The van der Waals surface area contributed by atoms with Crippen molar-refractivity contribution in [2.45, 2.75) is 98.9 Å². The molecule has 14 nitrogen and oxygen atoms in total. The molecular weight excluding hydrogens is 755 g/mol. The molecule has 3 aromatic rings. The lowest BCUT2D eigenvalue weighted by Crippen LogP contribution is -2.50. The zero-order valence-corrected chi connectivity index (χ0v) is 33.8. The van der Waals surface area contributed by atoms with Crippen LogP contribution in [0.2, 0.25) is 0 Å². The van der Waals surface area contributed by atoms with Crippen molar-refractivity contribution in [2.75, 3.05) is 25.5 Å². The highest BCUT2D eigenvalue weighted by Gasteiger charge is 2.28. The van der Waals surface area contributed by atoms with Crippen LogP contribution in [0.1, 0.15) is 68.1 Å². The fraction of sp³-hybridized carbons (Fsp3) is 0.425. The molecule has 0 aromatic heterocycles. The highest BCUT2D eigenvalue weighted by Crippen LogP contribution is 2.30. The minimum Gasteiger partial charge on any atom is -0.462 e. The summed E-state index contributed by atoms with van der Waals surface area (Å²) in [5.41, 5.74) is 9.54. The molecule has 2 atom stereocenters. The second kappa shape index (κ2) is 22.0. The average Bonchev–Trinajstić information content (AvgIpc) is 3.17. The first kappa shape index (κ1) is 43.8. The molecule has 16 heteroatoms. The number of thioether (sulfide) groups is 1. The van der Waals surface area contributed by atoms with E-state index in [2.05, 4.69) is 43.1 Å². The van der Waals surface area contributed by atoms with Gasteiger partial charge in [0, 0.05) is 17.2 Å². The van der Waals surface area contributed by atoms with Crippen molar-refractivity contribution >= 4 is 57.1 Å². The second-order valence-corrected chi connectivity index (χ2v) is 16.4. The summed E-state index contributed by atoms with van der Waals surface area (Å²) >= 11 is 1.55. The largest absolute Gasteiger partial charge is 0.462 e. The van der Waals surface area contributed by atoms with Gasteiger partial charge in [-0.05, 0) is 89.2 Å². The van der Waals surface area contributed by atoms with Gasteiger partial charge in [0.2, 0.25) is 23.7 Å². The van der Waals surface area contributed by atoms with E-state index in [1.54, 1.807) is 43.1 Å². The van der Waals surface area contributed by atoms with E-state index in [1.165, 1.54) is 12.1 Å². The number of nitrogens with zero attached hydrogens (tertiary/aromatic N) is 1. The Morgan fingerprint density at radius 2 is 1.55 bits per heavy atom. The Hall–Kier alpha value is -4.93. The summed E-state index contributed by atoms with van der Waals surface area (Å²) in [6.45, 7) is 3.56. The number of aliphatic imine (C=N–C) groups is 1. The van der Waals surface area contributed by atoms with E-state index in [-0.39, 0.29) is 29.9 Å². The second-order valence-electron chi connectivity index (χ2n) is 13.7. The van der Waals surface area contributed by atoms with Crippen LogP contribution >= 0.6 is 11.8 Å². The van der Waals surface area contributed by atoms with E-state index in [9.17, 15) is 27.6 Å². The molecule has 4 rings (SSSR count). The van der Waals surface area contributed by atoms with Gasteiger partial charge >= 0.3 is 5.97 Å². The highest BCUT2D eigenvalue weighted by molar-refractivity contribution is 7.98. The summed E-state index contributed by atoms with van der Waals surface area (Å²) < 4.78 is 33.0. The van der Waals surface area contributed by atoms with Gasteiger partial charge < -0.3 is 31.7 Å². The van der Waals surface area contributed by atoms with Crippen LogP contribution in [-0.2, 0) is 39.7 Å². The molecule has 0 spiro atoms. The first-order valence-corrected chi connectivity index (χ1v) is 21.2. The molecule has 7 N–H and O–H groups in total. The van der Waals surface area contributed by atoms with Gasteiger partial charge in [0.25, 0.3) is 10.0 Å². The number of benzene rings is 3. The zero-order chi connectivity index (χ0) is 40.5. The predicted octanol–water partition coefficient (Wildman–Crippen LogP) is 4.06. The van der Waals surface area contributed by atoms with E-state index < -0.39 is 52.3 Å². The third-order valence-electron chi connectivity index (χ3n) is 9.12. The average molecular weight is 808 g/mol. The molecule has 1 saturated carbocycles. The molecular formula is C40H53N7O7S2. The van der Waals surface area contributed by atoms with Gasteiger partial charge in [0.1, 0.15) is 12.1 Å². The molecule has 3 aromatic carbocycles. The number of hydrogen-bond acceptors (Lipinski definition) is 10. The number of esters is 1. The van der Waals surface area contributed by atoms with Crippen LogP contribution in [0.15, 0.2) is 87.6 Å². The molecule has 1 aliphatic rings. The molecule has 0 unspecified atom stereocenters. The van der Waals surface area contributed by atoms with E-state index in [0.29, 0.717) is 24.3 Å². The number of amides is 3. The molecule has 1 aliphatic carbocycles. The number of aryl methyl sites for hydroxylation is 2. The third-order valence-corrected chi connectivity index (χ3v) is 11.6. The topological polar surface area (TPSA) is 210 Å². The lowest BCUT2D eigenvalue weighted by atomic mass is 9.98. The molecule has 1 fully saturated rings. The van der Waals surface area contributed by atoms with Gasteiger partial charge in [-0.2, -0.15) is 0 Å². The Bertz CT molecular complexity index is 1920. The number of para-hydroxylation sites is 1. The molecule has 0 bridgehead atoms. The van der Waals surface area contributed by atoms with Crippen LogP contribution in [0.5, 0.6) is 0 Å². The fourth-order valence-corrected chi connectivity index (χ4v) is 7.85. The minimum atomic E-state index is -3.89. The monoisotopic (exact) mass is 807 g/mol. The van der Waals surface area contributed by atoms with Gasteiger partial charge in [0.05, 0.1) is 29.6 Å². The van der Waals surface area contributed by atoms with Crippen molar-refractivity contribution in [2.24, 2.45) is 10.7 Å². The molecule has 0 radical (unpaired) electrons. The van der Waals surface area contributed by atoms with Crippen LogP contribution in [-0.4, -0.2) is 76.4 Å². The Labute approximate surface area is 333 Å². The summed E-state index contributed by atoms with van der Waals surface area (Å²) in [5.74, 6) is -1.94. The number of carbonyl (C=O) groups excluding carboxylic acids is 4. The number of guanidine groups is 1. The smallest absolute Gasteiger partial charge is 0.308 e. The fourth-order valence-electron chi connectivity index (χ4n) is 5.94. The van der Waals surface area contributed by atoms with Gasteiger partial charge in [-0.1, -0.05) is 66.1 Å². The standard InChI is InChI=1S/C40H53N7O7S2/c1-27-15-19-29(20-16-27)26-55-35-14-8-7-12-32(35)46-39(51)34(24-37(49)54-30-10-5-4-6-11-30)45-36(48)25-44-38(50)33(42-3)13-9-23-43-40(41)47-56(52,53)31-21-17-28(2)18-22-31/h7-8,12,14-22,30,33-34,42H,4-6,9-11,13,23-26H2,1-3H3,(H,44,50)(H,45,48)(H,46,51)(H3,41,43,47)/t33-,34-/m0/s1. The lowest BCUT2D eigenvalue weighted by molar-refractivity contribution is -0.152. The van der Waals surface area contributed by atoms with E-state index in [0.717, 1.165) is 53.7 Å². The molecule has 0 aliphatic heterocycles. The van der Waals surface area contributed by atoms with E-state index in [4.69, 9.17) is 10.5 Å². The van der Waals surface area contributed by atoms with Crippen LogP contribution in [0, 0.1) is 13.8 Å². The van der Waals surface area contributed by atoms with Crippen molar-refractivity contribution in [1.29, 1.82) is 0 Å². The van der Waals surface area contributed by atoms with Crippen molar-refractivity contribution in [3.63, 3.8) is 0 Å². The van der Waals surface area contributed by atoms with E-state index >= 15 is 0 Å². The maximum atomic E-state index is 13.7. The van der Waals surface area contributed by atoms with Gasteiger partial charge in [-0.15, -0.1) is 11.8 Å². The van der Waals surface area contributed by atoms with Gasteiger partial charge in [0.15, 0.2) is 0 Å². The third kappa shape index (κ3) is 14.6. The normalized spacial score (nSPS) is 14.6. The summed E-state index contributed by atoms with van der Waals surface area (Å²) in [6, 6.07) is 19.8. The Kier molecular flexibility index (Phi) is 17.2. The van der Waals surface area contributed by atoms with Crippen molar-refractivity contribution < 1.29 is 32.3 Å². The zero-order valence-electron chi connectivity index (χ0n) is 32.1. The van der Waals surface area contributed by atoms with E-state index in [1.807, 2.05) is 38.1 Å². The molecule has 3 amide bonds. The van der Waals surface area contributed by atoms with Crippen LogP contribution in [0.25, 0.3) is 0 Å². The SMILES string of the molecule is CN[C@@H](CCCN=C(N)NS(=O)(=O)c1ccc(C)cc1)C(=O)NCC(=O)N[C@@H](CC(=O)OC1CCCCC1)C(=O)Nc1ccccc1SCc1ccc(C)cc1. The van der Waals surface area contributed by atoms with Gasteiger partial charge in [-0.3, -0.25) is 24.2 Å². The number of nitrogens with one attached hydrogen (secondary N) is 5. The number of likely N-dealkylation sites (N-methyl/N-ethyl adjacent to an activating group) is 1. The number of rotatable bonds is 19. The number of carbonyl (C=O) groups is 4. The van der Waals surface area contributed by atoms with Crippen LogP contribution in [0.3, 0.4) is 0 Å². The first-order chi connectivity index (χ1) is 26.8. The Morgan fingerprint density at radius 3 is 2.23 bits per heavy atom.